The number of aryl methyl sites for hydroxylation is 1. The molecule has 0 saturated carbocycles. The van der Waals surface area contributed by atoms with E-state index in [9.17, 15) is 4.79 Å². The Balaban J connectivity index is 0.00000128. The lowest BCUT2D eigenvalue weighted by Gasteiger charge is -2.18. The molecule has 0 amide bonds. The molecule has 6 heteroatoms. The lowest BCUT2D eigenvalue weighted by molar-refractivity contribution is -0.148. The first-order chi connectivity index (χ1) is 7.20. The first kappa shape index (κ1) is 13.4. The topological polar surface area (TPSA) is 65.2 Å². The van der Waals surface area contributed by atoms with E-state index in [0.29, 0.717) is 11.7 Å². The fourth-order valence-electron chi connectivity index (χ4n) is 1.86. The number of aromatic nitrogens is 1. The Bertz CT molecular complexity index is 381. The Morgan fingerprint density at radius 3 is 3.12 bits per heavy atom. The summed E-state index contributed by atoms with van der Waals surface area (Å²) in [5, 5.41) is 0.601. The fourth-order valence-corrected chi connectivity index (χ4v) is 2.81. The molecule has 90 valence electrons. The number of carbonyl (C=O) groups excluding carboxylic acids is 1. The summed E-state index contributed by atoms with van der Waals surface area (Å²) in [7, 11) is 0. The number of nitrogens with two attached hydrogens (primary N) is 1. The molecule has 1 aromatic rings. The van der Waals surface area contributed by atoms with Crippen molar-refractivity contribution in [3.05, 3.63) is 10.6 Å². The smallest absolute Gasteiger partial charge is 0.309 e. The summed E-state index contributed by atoms with van der Waals surface area (Å²) in [5.74, 6) is -0.0904. The van der Waals surface area contributed by atoms with Crippen LogP contribution in [-0.2, 0) is 22.4 Å². The summed E-state index contributed by atoms with van der Waals surface area (Å²) in [6, 6.07) is 0. The minimum absolute atomic E-state index is 0. The van der Waals surface area contributed by atoms with E-state index < -0.39 is 0 Å². The molecule has 0 radical (unpaired) electrons. The van der Waals surface area contributed by atoms with Gasteiger partial charge in [-0.15, -0.1) is 28.3 Å². The third-order valence-electron chi connectivity index (χ3n) is 2.58. The number of thiazole rings is 1. The molecule has 0 fully saturated rings. The van der Waals surface area contributed by atoms with Crippen LogP contribution in [0.15, 0.2) is 0 Å². The van der Waals surface area contributed by atoms with Gasteiger partial charge in [0.25, 0.3) is 0 Å². The van der Waals surface area contributed by atoms with Gasteiger partial charge in [-0.25, -0.2) is 4.98 Å². The summed E-state index contributed by atoms with van der Waals surface area (Å²) in [6.07, 6.45) is 2.41. The molecular weight excluding hydrogens is 292 g/mol. The number of halogens is 1. The van der Waals surface area contributed by atoms with Gasteiger partial charge in [-0.1, -0.05) is 0 Å². The summed E-state index contributed by atoms with van der Waals surface area (Å²) < 4.78 is 5.02. The normalized spacial score (nSPS) is 18.4. The highest BCUT2D eigenvalue weighted by Gasteiger charge is 2.27. The van der Waals surface area contributed by atoms with E-state index in [-0.39, 0.29) is 28.9 Å². The van der Waals surface area contributed by atoms with Crippen LogP contribution in [0.4, 0.5) is 5.13 Å². The van der Waals surface area contributed by atoms with Crippen molar-refractivity contribution in [1.82, 2.24) is 4.98 Å². The van der Waals surface area contributed by atoms with Gasteiger partial charge in [-0.3, -0.25) is 4.79 Å². The first-order valence-corrected chi connectivity index (χ1v) is 5.93. The van der Waals surface area contributed by atoms with Crippen molar-refractivity contribution in [2.75, 3.05) is 12.3 Å². The Morgan fingerprint density at radius 1 is 1.69 bits per heavy atom. The molecule has 2 N–H and O–H groups in total. The Labute approximate surface area is 109 Å². The van der Waals surface area contributed by atoms with E-state index in [1.807, 2.05) is 6.92 Å². The molecule has 4 nitrogen and oxygen atoms in total. The van der Waals surface area contributed by atoms with Gasteiger partial charge in [0.05, 0.1) is 18.2 Å². The van der Waals surface area contributed by atoms with Crippen LogP contribution in [0.2, 0.25) is 0 Å². The lowest BCUT2D eigenvalue weighted by atomic mass is 9.91. The van der Waals surface area contributed by atoms with Gasteiger partial charge in [-0.05, 0) is 26.2 Å². The quantitative estimate of drug-likeness (QED) is 0.848. The maximum atomic E-state index is 11.5. The Kier molecular flexibility index (Phi) is 4.73. The van der Waals surface area contributed by atoms with Crippen LogP contribution in [-0.4, -0.2) is 17.6 Å². The molecule has 1 aliphatic carbocycles. The van der Waals surface area contributed by atoms with Crippen molar-refractivity contribution < 1.29 is 9.53 Å². The van der Waals surface area contributed by atoms with Crippen LogP contribution in [0.25, 0.3) is 0 Å². The van der Waals surface area contributed by atoms with E-state index in [4.69, 9.17) is 10.5 Å². The van der Waals surface area contributed by atoms with Gasteiger partial charge in [0.15, 0.2) is 5.13 Å². The van der Waals surface area contributed by atoms with E-state index in [0.717, 1.165) is 29.8 Å². The maximum Gasteiger partial charge on any atom is 0.309 e. The average Bonchev–Trinajstić information content (AvgIpc) is 2.57. The number of hydrogen-bond donors (Lipinski definition) is 1. The zero-order valence-corrected chi connectivity index (χ0v) is 11.6. The van der Waals surface area contributed by atoms with Crippen molar-refractivity contribution in [3.63, 3.8) is 0 Å². The number of carbonyl (C=O) groups is 1. The average molecular weight is 307 g/mol. The predicted octanol–water partition coefficient (Wildman–Crippen LogP) is 1.97. The monoisotopic (exact) mass is 306 g/mol. The summed E-state index contributed by atoms with van der Waals surface area (Å²) in [6.45, 7) is 2.28. The molecule has 0 bridgehead atoms. The number of anilines is 1. The molecule has 16 heavy (non-hydrogen) atoms. The van der Waals surface area contributed by atoms with Crippen molar-refractivity contribution >= 4 is 39.4 Å². The molecule has 1 aromatic heterocycles. The molecule has 1 heterocycles. The van der Waals surface area contributed by atoms with Gasteiger partial charge in [0, 0.05) is 4.88 Å². The number of ether oxygens (including phenoxy) is 1. The Morgan fingerprint density at radius 2 is 2.44 bits per heavy atom. The van der Waals surface area contributed by atoms with Crippen LogP contribution in [0.1, 0.15) is 23.9 Å². The second-order valence-electron chi connectivity index (χ2n) is 3.61. The lowest BCUT2D eigenvalue weighted by Crippen LogP contribution is -2.24. The molecule has 2 rings (SSSR count). The third kappa shape index (κ3) is 2.74. The van der Waals surface area contributed by atoms with E-state index in [2.05, 4.69) is 4.98 Å². The van der Waals surface area contributed by atoms with Gasteiger partial charge < -0.3 is 10.5 Å². The number of fused-ring (bicyclic) bond motifs is 1. The van der Waals surface area contributed by atoms with Crippen LogP contribution >= 0.6 is 28.3 Å². The molecule has 0 aromatic carbocycles. The highest BCUT2D eigenvalue weighted by molar-refractivity contribution is 8.93. The molecule has 0 saturated heterocycles. The zero-order chi connectivity index (χ0) is 10.8. The fraction of sp³-hybridized carbons (Fsp3) is 0.600. The van der Waals surface area contributed by atoms with E-state index in [1.165, 1.54) is 11.3 Å². The zero-order valence-electron chi connectivity index (χ0n) is 9.06. The number of hydrogen-bond acceptors (Lipinski definition) is 5. The number of esters is 1. The van der Waals surface area contributed by atoms with E-state index in [1.54, 1.807) is 0 Å². The molecule has 0 aliphatic heterocycles. The summed E-state index contributed by atoms with van der Waals surface area (Å²) in [4.78, 5) is 16.9. The molecule has 1 aliphatic rings. The molecule has 1 atom stereocenters. The van der Waals surface area contributed by atoms with Crippen LogP contribution in [0.3, 0.4) is 0 Å². The van der Waals surface area contributed by atoms with Crippen molar-refractivity contribution in [1.29, 1.82) is 0 Å². The van der Waals surface area contributed by atoms with Gasteiger partial charge in [0.1, 0.15) is 0 Å². The molecule has 1 unspecified atom stereocenters. The summed E-state index contributed by atoms with van der Waals surface area (Å²) in [5.41, 5.74) is 6.70. The van der Waals surface area contributed by atoms with Crippen LogP contribution in [0, 0.1) is 5.92 Å². The number of rotatable bonds is 2. The Hall–Kier alpha value is -0.620. The number of nitrogen functional groups attached to an aromatic ring is 1. The van der Waals surface area contributed by atoms with Crippen molar-refractivity contribution in [2.45, 2.75) is 26.2 Å². The van der Waals surface area contributed by atoms with Crippen LogP contribution < -0.4 is 5.73 Å². The largest absolute Gasteiger partial charge is 0.466 e. The second kappa shape index (κ2) is 5.63. The van der Waals surface area contributed by atoms with Gasteiger partial charge in [-0.2, -0.15) is 0 Å². The number of nitrogens with zero attached hydrogens (tertiary/aromatic N) is 1. The predicted molar refractivity (Wildman–Crippen MR) is 69.0 cm³/mol. The van der Waals surface area contributed by atoms with Crippen molar-refractivity contribution in [2.24, 2.45) is 5.92 Å². The van der Waals surface area contributed by atoms with Gasteiger partial charge in [0.2, 0.25) is 0 Å². The highest BCUT2D eigenvalue weighted by atomic mass is 79.9. The highest BCUT2D eigenvalue weighted by Crippen LogP contribution is 2.31. The molecule has 0 spiro atoms. The van der Waals surface area contributed by atoms with E-state index >= 15 is 0 Å². The minimum atomic E-state index is -0.0879. The standard InChI is InChI=1S/C10H14N2O2S.BrH/c1-2-14-9(13)6-3-4-7-8(5-6)15-10(11)12-7;/h6H,2-5H2,1H3,(H2,11,12);1H. The van der Waals surface area contributed by atoms with Crippen LogP contribution in [0.5, 0.6) is 0 Å². The summed E-state index contributed by atoms with van der Waals surface area (Å²) >= 11 is 1.49. The van der Waals surface area contributed by atoms with Gasteiger partial charge >= 0.3 is 5.97 Å². The third-order valence-corrected chi connectivity index (χ3v) is 3.53. The minimum Gasteiger partial charge on any atom is -0.466 e. The van der Waals surface area contributed by atoms with Crippen molar-refractivity contribution in [3.8, 4) is 0 Å². The second-order valence-corrected chi connectivity index (χ2v) is 4.73. The first-order valence-electron chi connectivity index (χ1n) is 5.11. The molecular formula is C10H15BrN2O2S. The SMILES string of the molecule is Br.CCOC(=O)C1CCc2nc(N)sc2C1. The maximum absolute atomic E-state index is 11.5.